The third-order valence-corrected chi connectivity index (χ3v) is 6.39. The SMILES string of the molecule is CNC(=O)C(=O)NC[C@@H]1OCCCN1S(=O)(=O)c1c(C)cc(C)cc1C. The van der Waals surface area contributed by atoms with Gasteiger partial charge in [-0.2, -0.15) is 4.31 Å². The second-order valence-electron chi connectivity index (χ2n) is 6.31. The maximum atomic E-state index is 13.2. The first-order valence-corrected chi connectivity index (χ1v) is 9.83. The number of nitrogens with one attached hydrogen (secondary N) is 2. The van der Waals surface area contributed by atoms with Crippen LogP contribution in [0.5, 0.6) is 0 Å². The monoisotopic (exact) mass is 383 g/mol. The summed E-state index contributed by atoms with van der Waals surface area (Å²) in [4.78, 5) is 23.2. The molecule has 2 N–H and O–H groups in total. The molecule has 1 aliphatic heterocycles. The topological polar surface area (TPSA) is 105 Å². The van der Waals surface area contributed by atoms with Crippen LogP contribution >= 0.6 is 0 Å². The molecular weight excluding hydrogens is 358 g/mol. The predicted octanol–water partition coefficient (Wildman–Crippen LogP) is 0.211. The number of rotatable bonds is 4. The zero-order valence-electron chi connectivity index (χ0n) is 15.5. The fourth-order valence-electron chi connectivity index (χ4n) is 3.17. The van der Waals surface area contributed by atoms with E-state index in [4.69, 9.17) is 4.74 Å². The van der Waals surface area contributed by atoms with Crippen molar-refractivity contribution in [3.8, 4) is 0 Å². The summed E-state index contributed by atoms with van der Waals surface area (Å²) >= 11 is 0. The Kier molecular flexibility index (Phi) is 6.38. The van der Waals surface area contributed by atoms with E-state index in [9.17, 15) is 18.0 Å². The van der Waals surface area contributed by atoms with E-state index in [1.807, 2.05) is 19.1 Å². The minimum Gasteiger partial charge on any atom is -0.360 e. The highest BCUT2D eigenvalue weighted by atomic mass is 32.2. The van der Waals surface area contributed by atoms with Crippen molar-refractivity contribution in [3.63, 3.8) is 0 Å². The Hall–Kier alpha value is -1.97. The number of ether oxygens (including phenoxy) is 1. The summed E-state index contributed by atoms with van der Waals surface area (Å²) in [6, 6.07) is 3.65. The van der Waals surface area contributed by atoms with Gasteiger partial charge in [0.15, 0.2) is 0 Å². The van der Waals surface area contributed by atoms with E-state index in [0.29, 0.717) is 24.2 Å². The van der Waals surface area contributed by atoms with E-state index in [-0.39, 0.29) is 18.0 Å². The predicted molar refractivity (Wildman–Crippen MR) is 96.0 cm³/mol. The van der Waals surface area contributed by atoms with Crippen LogP contribution in [-0.4, -0.2) is 57.5 Å². The molecule has 0 saturated carbocycles. The normalized spacial score (nSPS) is 18.4. The molecule has 0 aliphatic carbocycles. The lowest BCUT2D eigenvalue weighted by Crippen LogP contribution is -2.53. The fraction of sp³-hybridized carbons (Fsp3) is 0.529. The molecule has 26 heavy (non-hydrogen) atoms. The van der Waals surface area contributed by atoms with Crippen LogP contribution in [0, 0.1) is 20.8 Å². The van der Waals surface area contributed by atoms with Crippen molar-refractivity contribution in [1.29, 1.82) is 0 Å². The van der Waals surface area contributed by atoms with Gasteiger partial charge in [-0.15, -0.1) is 0 Å². The molecule has 1 atom stereocenters. The molecule has 0 aromatic heterocycles. The number of nitrogens with zero attached hydrogens (tertiary/aromatic N) is 1. The van der Waals surface area contributed by atoms with Crippen LogP contribution in [0.3, 0.4) is 0 Å². The van der Waals surface area contributed by atoms with Gasteiger partial charge >= 0.3 is 11.8 Å². The molecule has 1 aliphatic rings. The van der Waals surface area contributed by atoms with Gasteiger partial charge in [0.2, 0.25) is 10.0 Å². The third-order valence-electron chi connectivity index (χ3n) is 4.20. The van der Waals surface area contributed by atoms with E-state index in [1.165, 1.54) is 11.4 Å². The maximum Gasteiger partial charge on any atom is 0.309 e. The molecule has 1 aromatic carbocycles. The first kappa shape index (κ1) is 20.3. The fourth-order valence-corrected chi connectivity index (χ4v) is 5.15. The smallest absolute Gasteiger partial charge is 0.309 e. The molecular formula is C17H25N3O5S. The van der Waals surface area contributed by atoms with Gasteiger partial charge in [0, 0.05) is 13.6 Å². The van der Waals surface area contributed by atoms with Crippen molar-refractivity contribution < 1.29 is 22.7 Å². The summed E-state index contributed by atoms with van der Waals surface area (Å²) in [5, 5.41) is 4.63. The molecule has 1 saturated heterocycles. The number of benzene rings is 1. The Morgan fingerprint density at radius 3 is 2.38 bits per heavy atom. The molecule has 8 nitrogen and oxygen atoms in total. The average Bonchev–Trinajstić information content (AvgIpc) is 2.57. The molecule has 0 spiro atoms. The van der Waals surface area contributed by atoms with Gasteiger partial charge in [-0.25, -0.2) is 8.42 Å². The highest BCUT2D eigenvalue weighted by molar-refractivity contribution is 7.89. The van der Waals surface area contributed by atoms with Crippen LogP contribution in [0.25, 0.3) is 0 Å². The van der Waals surface area contributed by atoms with Crippen LogP contribution in [0.2, 0.25) is 0 Å². The van der Waals surface area contributed by atoms with Crippen LogP contribution in [0.1, 0.15) is 23.1 Å². The molecule has 0 unspecified atom stereocenters. The average molecular weight is 383 g/mol. The van der Waals surface area contributed by atoms with Crippen molar-refractivity contribution >= 4 is 21.8 Å². The zero-order chi connectivity index (χ0) is 19.5. The van der Waals surface area contributed by atoms with E-state index < -0.39 is 28.1 Å². The van der Waals surface area contributed by atoms with Gasteiger partial charge in [0.1, 0.15) is 6.23 Å². The van der Waals surface area contributed by atoms with Crippen molar-refractivity contribution in [2.75, 3.05) is 26.7 Å². The molecule has 1 aromatic rings. The van der Waals surface area contributed by atoms with Gasteiger partial charge in [-0.3, -0.25) is 9.59 Å². The van der Waals surface area contributed by atoms with Crippen molar-refractivity contribution in [2.45, 2.75) is 38.3 Å². The summed E-state index contributed by atoms with van der Waals surface area (Å²) in [5.41, 5.74) is 2.32. The third kappa shape index (κ3) is 4.22. The van der Waals surface area contributed by atoms with Crippen LogP contribution < -0.4 is 10.6 Å². The Morgan fingerprint density at radius 2 is 1.81 bits per heavy atom. The first-order valence-electron chi connectivity index (χ1n) is 8.39. The summed E-state index contributed by atoms with van der Waals surface area (Å²) in [6.45, 7) is 6.01. The molecule has 0 radical (unpaired) electrons. The van der Waals surface area contributed by atoms with Crippen molar-refractivity contribution in [1.82, 2.24) is 14.9 Å². The minimum absolute atomic E-state index is 0.102. The zero-order valence-corrected chi connectivity index (χ0v) is 16.3. The number of hydrogen-bond donors (Lipinski definition) is 2. The van der Waals surface area contributed by atoms with Crippen LogP contribution in [0.4, 0.5) is 0 Å². The Labute approximate surface area is 153 Å². The summed E-state index contributed by atoms with van der Waals surface area (Å²) in [7, 11) is -2.46. The van der Waals surface area contributed by atoms with E-state index in [2.05, 4.69) is 10.6 Å². The molecule has 144 valence electrons. The highest BCUT2D eigenvalue weighted by Crippen LogP contribution is 2.28. The quantitative estimate of drug-likeness (QED) is 0.724. The summed E-state index contributed by atoms with van der Waals surface area (Å²) in [5.74, 6) is -1.62. The number of likely N-dealkylation sites (N-methyl/N-ethyl adjacent to an activating group) is 1. The van der Waals surface area contributed by atoms with Gasteiger partial charge in [-0.05, 0) is 38.3 Å². The lowest BCUT2D eigenvalue weighted by molar-refractivity contribution is -0.139. The van der Waals surface area contributed by atoms with E-state index >= 15 is 0 Å². The second-order valence-corrected chi connectivity index (χ2v) is 8.14. The molecule has 1 fully saturated rings. The van der Waals surface area contributed by atoms with Crippen molar-refractivity contribution in [3.05, 3.63) is 28.8 Å². The van der Waals surface area contributed by atoms with Gasteiger partial charge < -0.3 is 15.4 Å². The number of carbonyl (C=O) groups excluding carboxylic acids is 2. The first-order chi connectivity index (χ1) is 12.2. The Morgan fingerprint density at radius 1 is 1.19 bits per heavy atom. The minimum atomic E-state index is -3.81. The molecule has 1 heterocycles. The molecule has 9 heteroatoms. The number of aryl methyl sites for hydroxylation is 3. The second kappa shape index (κ2) is 8.15. The lowest BCUT2D eigenvalue weighted by Gasteiger charge is -2.35. The van der Waals surface area contributed by atoms with Crippen LogP contribution in [-0.2, 0) is 24.3 Å². The Balaban J connectivity index is 2.28. The van der Waals surface area contributed by atoms with Gasteiger partial charge in [0.25, 0.3) is 0 Å². The number of hydrogen-bond acceptors (Lipinski definition) is 5. The maximum absolute atomic E-state index is 13.2. The van der Waals surface area contributed by atoms with Crippen LogP contribution in [0.15, 0.2) is 17.0 Å². The van der Waals surface area contributed by atoms with Crippen molar-refractivity contribution in [2.24, 2.45) is 0 Å². The molecule has 2 amide bonds. The van der Waals surface area contributed by atoms with E-state index in [0.717, 1.165) is 5.56 Å². The largest absolute Gasteiger partial charge is 0.360 e. The lowest BCUT2D eigenvalue weighted by atomic mass is 10.1. The summed E-state index contributed by atoms with van der Waals surface area (Å²) < 4.78 is 33.3. The molecule has 0 bridgehead atoms. The van der Waals surface area contributed by atoms with Gasteiger partial charge in [0.05, 0.1) is 18.0 Å². The number of carbonyl (C=O) groups is 2. The number of sulfonamides is 1. The highest BCUT2D eigenvalue weighted by Gasteiger charge is 2.36. The Bertz CT molecular complexity index is 784. The molecule has 2 rings (SSSR count). The van der Waals surface area contributed by atoms with Gasteiger partial charge in [-0.1, -0.05) is 17.7 Å². The van der Waals surface area contributed by atoms with E-state index in [1.54, 1.807) is 13.8 Å². The summed E-state index contributed by atoms with van der Waals surface area (Å²) in [6.07, 6.45) is -0.300. The standard InChI is InChI=1S/C17H25N3O5S/c1-11-8-12(2)15(13(3)9-11)26(23,24)20-6-5-7-25-14(20)10-19-17(22)16(21)18-4/h8-9,14H,5-7,10H2,1-4H3,(H,18,21)(H,19,22)/t14-/m0/s1. The number of amides is 2.